The number of para-hydroxylation sites is 1. The van der Waals surface area contributed by atoms with Gasteiger partial charge in [-0.1, -0.05) is 40.2 Å². The summed E-state index contributed by atoms with van der Waals surface area (Å²) >= 11 is 3.38. The quantitative estimate of drug-likeness (QED) is 0.708. The number of hydrogen-bond donors (Lipinski definition) is 1. The average Bonchev–Trinajstić information content (AvgIpc) is 2.62. The number of amides is 2. The Kier molecular flexibility index (Phi) is 7.03. The van der Waals surface area contributed by atoms with Gasteiger partial charge in [0.1, 0.15) is 23.9 Å². The molecule has 1 N–H and O–H groups in total. The molecular weight excluding hydrogens is 406 g/mol. The van der Waals surface area contributed by atoms with Crippen LogP contribution < -0.4 is 5.32 Å². The van der Waals surface area contributed by atoms with Crippen molar-refractivity contribution in [3.05, 3.63) is 70.2 Å². The molecule has 0 aliphatic carbocycles. The molecule has 26 heavy (non-hydrogen) atoms. The van der Waals surface area contributed by atoms with Gasteiger partial charge < -0.3 is 10.2 Å². The van der Waals surface area contributed by atoms with Crippen LogP contribution in [0.4, 0.5) is 14.5 Å². The molecule has 7 heteroatoms. The number of likely N-dealkylation sites (N-methyl/N-ethyl adjacent to an activating group) is 1. The van der Waals surface area contributed by atoms with E-state index in [1.165, 1.54) is 17.0 Å². The molecule has 0 aromatic heterocycles. The summed E-state index contributed by atoms with van der Waals surface area (Å²) in [5, 5.41) is 2.17. The van der Waals surface area contributed by atoms with Gasteiger partial charge in [0, 0.05) is 17.1 Å². The highest BCUT2D eigenvalue weighted by atomic mass is 79.9. The normalized spacial score (nSPS) is 10.8. The summed E-state index contributed by atoms with van der Waals surface area (Å²) in [7, 11) is 0. The molecule has 2 aromatic carbocycles. The number of carbonyl (C=O) groups excluding carboxylic acids is 2. The predicted octanol–water partition coefficient (Wildman–Crippen LogP) is 4.23. The van der Waals surface area contributed by atoms with E-state index in [0.717, 1.165) is 22.2 Å². The van der Waals surface area contributed by atoms with Crippen LogP contribution in [0.3, 0.4) is 0 Å². The molecule has 0 heterocycles. The molecule has 0 unspecified atom stereocenters. The van der Waals surface area contributed by atoms with Gasteiger partial charge in [-0.2, -0.15) is 0 Å². The number of rotatable bonds is 6. The highest BCUT2D eigenvalue weighted by Crippen LogP contribution is 2.18. The minimum Gasteiger partial charge on any atom is -0.330 e. The van der Waals surface area contributed by atoms with Crippen LogP contribution in [-0.2, 0) is 9.59 Å². The fourth-order valence-corrected chi connectivity index (χ4v) is 2.61. The van der Waals surface area contributed by atoms with Crippen molar-refractivity contribution in [2.75, 3.05) is 18.4 Å². The molecule has 4 nitrogen and oxygen atoms in total. The Balaban J connectivity index is 2.03. The number of halogens is 3. The second kappa shape index (κ2) is 9.24. The van der Waals surface area contributed by atoms with E-state index in [9.17, 15) is 18.4 Å². The van der Waals surface area contributed by atoms with Gasteiger partial charge in [-0.3, -0.25) is 9.59 Å². The van der Waals surface area contributed by atoms with E-state index in [1.54, 1.807) is 13.0 Å². The van der Waals surface area contributed by atoms with Crippen LogP contribution in [0.15, 0.2) is 53.0 Å². The third-order valence-corrected chi connectivity index (χ3v) is 4.29. The van der Waals surface area contributed by atoms with Crippen molar-refractivity contribution >= 4 is 39.5 Å². The predicted molar refractivity (Wildman–Crippen MR) is 100 cm³/mol. The van der Waals surface area contributed by atoms with E-state index < -0.39 is 23.2 Å². The Bertz CT molecular complexity index is 820. The Morgan fingerprint density at radius 3 is 2.38 bits per heavy atom. The molecule has 0 saturated heterocycles. The fourth-order valence-electron chi connectivity index (χ4n) is 2.19. The molecule has 2 amide bonds. The second-order valence-corrected chi connectivity index (χ2v) is 6.21. The van der Waals surface area contributed by atoms with Gasteiger partial charge in [-0.25, -0.2) is 8.78 Å². The maximum Gasteiger partial charge on any atom is 0.247 e. The van der Waals surface area contributed by atoms with Gasteiger partial charge in [-0.15, -0.1) is 0 Å². The van der Waals surface area contributed by atoms with Crippen LogP contribution >= 0.6 is 15.9 Å². The lowest BCUT2D eigenvalue weighted by atomic mass is 10.2. The fraction of sp³-hybridized carbons (Fsp3) is 0.158. The highest BCUT2D eigenvalue weighted by Gasteiger charge is 2.16. The van der Waals surface area contributed by atoms with E-state index in [-0.39, 0.29) is 19.0 Å². The number of anilines is 1. The first-order valence-electron chi connectivity index (χ1n) is 7.87. The second-order valence-electron chi connectivity index (χ2n) is 5.35. The van der Waals surface area contributed by atoms with Crippen molar-refractivity contribution < 1.29 is 18.4 Å². The van der Waals surface area contributed by atoms with Crippen molar-refractivity contribution in [3.8, 4) is 0 Å². The third kappa shape index (κ3) is 5.23. The first kappa shape index (κ1) is 19.8. The van der Waals surface area contributed by atoms with Gasteiger partial charge >= 0.3 is 0 Å². The summed E-state index contributed by atoms with van der Waals surface area (Å²) in [6.45, 7) is 1.66. The number of nitrogens with one attached hydrogen (secondary N) is 1. The minimum atomic E-state index is -0.874. The number of benzene rings is 2. The largest absolute Gasteiger partial charge is 0.330 e. The van der Waals surface area contributed by atoms with Gasteiger partial charge in [0.25, 0.3) is 0 Å². The number of hydrogen-bond acceptors (Lipinski definition) is 2. The Hall–Kier alpha value is -2.54. The van der Waals surface area contributed by atoms with Crippen LogP contribution in [0.2, 0.25) is 0 Å². The maximum atomic E-state index is 13.6. The Labute approximate surface area is 158 Å². The van der Waals surface area contributed by atoms with Crippen molar-refractivity contribution in [2.24, 2.45) is 0 Å². The lowest BCUT2D eigenvalue weighted by Crippen LogP contribution is -2.37. The zero-order chi connectivity index (χ0) is 19.1. The summed E-state index contributed by atoms with van der Waals surface area (Å²) in [5.41, 5.74) is 0.291. The van der Waals surface area contributed by atoms with Crippen molar-refractivity contribution in [2.45, 2.75) is 6.92 Å². The van der Waals surface area contributed by atoms with E-state index >= 15 is 0 Å². The van der Waals surface area contributed by atoms with Gasteiger partial charge in [0.05, 0.1) is 0 Å². The van der Waals surface area contributed by atoms with Crippen molar-refractivity contribution in [3.63, 3.8) is 0 Å². The van der Waals surface area contributed by atoms with Gasteiger partial charge in [0.15, 0.2) is 0 Å². The maximum absolute atomic E-state index is 13.6. The molecule has 0 aliphatic heterocycles. The van der Waals surface area contributed by atoms with Crippen LogP contribution in [0.5, 0.6) is 0 Å². The minimum absolute atomic E-state index is 0.270. The standard InChI is InChI=1S/C19H17BrF2N2O2/c1-2-24(18(26)11-10-13-6-3-4-7-14(13)20)12-17(25)23-19-15(21)8-5-9-16(19)22/h3-11H,2,12H2,1H3,(H,23,25)/b11-10+. The Morgan fingerprint density at radius 2 is 1.77 bits per heavy atom. The van der Waals surface area contributed by atoms with Crippen molar-refractivity contribution in [1.82, 2.24) is 4.90 Å². The lowest BCUT2D eigenvalue weighted by Gasteiger charge is -2.19. The topological polar surface area (TPSA) is 49.4 Å². The highest BCUT2D eigenvalue weighted by molar-refractivity contribution is 9.10. The van der Waals surface area contributed by atoms with Crippen molar-refractivity contribution in [1.29, 1.82) is 0 Å². The monoisotopic (exact) mass is 422 g/mol. The molecule has 0 radical (unpaired) electrons. The third-order valence-electron chi connectivity index (χ3n) is 3.57. The van der Waals surface area contributed by atoms with E-state index in [1.807, 2.05) is 24.3 Å². The summed E-state index contributed by atoms with van der Waals surface area (Å²) in [5.74, 6) is -2.81. The summed E-state index contributed by atoms with van der Waals surface area (Å²) < 4.78 is 28.0. The van der Waals surface area contributed by atoms with Crippen LogP contribution in [-0.4, -0.2) is 29.8 Å². The summed E-state index contributed by atoms with van der Waals surface area (Å²) in [4.78, 5) is 25.6. The molecular formula is C19H17BrF2N2O2. The average molecular weight is 423 g/mol. The molecule has 0 bridgehead atoms. The number of carbonyl (C=O) groups is 2. The number of nitrogens with zero attached hydrogens (tertiary/aromatic N) is 1. The summed E-state index contributed by atoms with van der Waals surface area (Å²) in [6, 6.07) is 10.7. The molecule has 0 fully saturated rings. The van der Waals surface area contributed by atoms with Gasteiger partial charge in [0.2, 0.25) is 11.8 Å². The zero-order valence-electron chi connectivity index (χ0n) is 14.0. The smallest absolute Gasteiger partial charge is 0.247 e. The molecule has 0 atom stereocenters. The van der Waals surface area contributed by atoms with Gasteiger partial charge in [-0.05, 0) is 36.8 Å². The van der Waals surface area contributed by atoms with Crippen LogP contribution in [0, 0.1) is 11.6 Å². The molecule has 136 valence electrons. The lowest BCUT2D eigenvalue weighted by molar-refractivity contribution is -0.130. The zero-order valence-corrected chi connectivity index (χ0v) is 15.6. The Morgan fingerprint density at radius 1 is 1.12 bits per heavy atom. The molecule has 0 saturated carbocycles. The van der Waals surface area contributed by atoms with Crippen LogP contribution in [0.25, 0.3) is 6.08 Å². The van der Waals surface area contributed by atoms with E-state index in [0.29, 0.717) is 0 Å². The van der Waals surface area contributed by atoms with E-state index in [2.05, 4.69) is 21.2 Å². The first-order chi connectivity index (χ1) is 12.4. The van der Waals surface area contributed by atoms with E-state index in [4.69, 9.17) is 0 Å². The molecule has 2 aromatic rings. The SMILES string of the molecule is CCN(CC(=O)Nc1c(F)cccc1F)C(=O)/C=C/c1ccccc1Br. The summed E-state index contributed by atoms with van der Waals surface area (Å²) in [6.07, 6.45) is 2.98. The first-order valence-corrected chi connectivity index (χ1v) is 8.67. The van der Waals surface area contributed by atoms with Crippen LogP contribution in [0.1, 0.15) is 12.5 Å². The molecule has 2 rings (SSSR count). The molecule has 0 spiro atoms. The molecule has 0 aliphatic rings.